The number of aromatic nitrogens is 1. The highest BCUT2D eigenvalue weighted by molar-refractivity contribution is 5.88. The molecule has 0 radical (unpaired) electrons. The fraction of sp³-hybridized carbons (Fsp3) is 0.636. The molecule has 0 unspecified atom stereocenters. The minimum atomic E-state index is 0.413. The van der Waals surface area contributed by atoms with E-state index in [0.29, 0.717) is 12.0 Å². The van der Waals surface area contributed by atoms with Crippen LogP contribution >= 0.6 is 0 Å². The number of hydrogen-bond donors (Lipinski definition) is 1. The van der Waals surface area contributed by atoms with E-state index >= 15 is 0 Å². The fourth-order valence-electron chi connectivity index (χ4n) is 4.42. The van der Waals surface area contributed by atoms with Gasteiger partial charge >= 0.3 is 0 Å². The van der Waals surface area contributed by atoms with Gasteiger partial charge in [0.05, 0.1) is 13.2 Å². The minimum absolute atomic E-state index is 0.413. The van der Waals surface area contributed by atoms with Gasteiger partial charge in [-0.3, -0.25) is 4.90 Å². The Morgan fingerprint density at radius 2 is 1.96 bits per heavy atom. The lowest BCUT2D eigenvalue weighted by atomic mass is 10.0. The lowest BCUT2D eigenvalue weighted by molar-refractivity contribution is -0.0336. The molecule has 0 aliphatic carbocycles. The Morgan fingerprint density at radius 3 is 2.70 bits per heavy atom. The molecule has 5 heteroatoms. The summed E-state index contributed by atoms with van der Waals surface area (Å²) in [4.78, 5) is 5.90. The predicted molar refractivity (Wildman–Crippen MR) is 107 cm³/mol. The molecule has 0 saturated carbocycles. The quantitative estimate of drug-likeness (QED) is 0.836. The van der Waals surface area contributed by atoms with Gasteiger partial charge in [-0.15, -0.1) is 0 Å². The van der Waals surface area contributed by atoms with Gasteiger partial charge in [0.1, 0.15) is 5.75 Å². The van der Waals surface area contributed by atoms with Crippen LogP contribution in [0.3, 0.4) is 0 Å². The van der Waals surface area contributed by atoms with Gasteiger partial charge < -0.3 is 19.2 Å². The van der Waals surface area contributed by atoms with Crippen LogP contribution in [0.2, 0.25) is 0 Å². The van der Waals surface area contributed by atoms with Crippen molar-refractivity contribution < 1.29 is 14.2 Å². The van der Waals surface area contributed by atoms with Crippen molar-refractivity contribution in [3.8, 4) is 5.75 Å². The van der Waals surface area contributed by atoms with Gasteiger partial charge in [-0.1, -0.05) is 0 Å². The second-order valence-corrected chi connectivity index (χ2v) is 8.01. The van der Waals surface area contributed by atoms with Crippen molar-refractivity contribution in [1.29, 1.82) is 0 Å². The number of benzene rings is 1. The third kappa shape index (κ3) is 4.31. The molecule has 0 bridgehead atoms. The molecule has 2 fully saturated rings. The molecule has 1 aromatic carbocycles. The second-order valence-electron chi connectivity index (χ2n) is 8.01. The normalized spacial score (nSPS) is 20.4. The molecule has 1 N–H and O–H groups in total. The molecule has 148 valence electrons. The van der Waals surface area contributed by atoms with Gasteiger partial charge in [-0.2, -0.15) is 0 Å². The number of rotatable bonds is 6. The number of piperidine rings is 1. The van der Waals surface area contributed by atoms with Crippen LogP contribution in [0.25, 0.3) is 10.9 Å². The van der Waals surface area contributed by atoms with Crippen LogP contribution in [0.1, 0.15) is 36.8 Å². The average molecular weight is 373 g/mol. The van der Waals surface area contributed by atoms with Gasteiger partial charge in [0.25, 0.3) is 0 Å². The summed E-state index contributed by atoms with van der Waals surface area (Å²) in [7, 11) is 1.77. The number of nitrogens with one attached hydrogen (secondary N) is 1. The molecule has 0 atom stereocenters. The zero-order valence-electron chi connectivity index (χ0n) is 16.6. The summed E-state index contributed by atoms with van der Waals surface area (Å²) in [5.41, 5.74) is 3.75. The van der Waals surface area contributed by atoms with Gasteiger partial charge in [-0.25, -0.2) is 0 Å². The van der Waals surface area contributed by atoms with Crippen molar-refractivity contribution in [2.45, 2.75) is 45.3 Å². The molecule has 5 nitrogen and oxygen atoms in total. The highest BCUT2D eigenvalue weighted by atomic mass is 16.5. The van der Waals surface area contributed by atoms with E-state index in [0.717, 1.165) is 70.9 Å². The Balaban J connectivity index is 1.33. The van der Waals surface area contributed by atoms with E-state index in [2.05, 4.69) is 28.9 Å². The van der Waals surface area contributed by atoms with Crippen LogP contribution in [0.4, 0.5) is 0 Å². The third-order valence-electron chi connectivity index (χ3n) is 6.16. The average Bonchev–Trinajstić information content (AvgIpc) is 3.21. The Bertz CT molecular complexity index is 743. The smallest absolute Gasteiger partial charge is 0.124 e. The van der Waals surface area contributed by atoms with Crippen molar-refractivity contribution in [3.63, 3.8) is 0 Å². The third-order valence-corrected chi connectivity index (χ3v) is 6.16. The second kappa shape index (κ2) is 8.63. The molecule has 0 spiro atoms. The molecule has 2 aliphatic rings. The Hall–Kier alpha value is -1.56. The lowest BCUT2D eigenvalue weighted by Crippen LogP contribution is -2.37. The Morgan fingerprint density at radius 1 is 1.19 bits per heavy atom. The van der Waals surface area contributed by atoms with Gasteiger partial charge in [0, 0.05) is 62.1 Å². The van der Waals surface area contributed by atoms with Crippen LogP contribution in [0, 0.1) is 12.8 Å². The number of ether oxygens (including phenoxy) is 3. The Kier molecular flexibility index (Phi) is 6.01. The molecule has 2 aromatic rings. The summed E-state index contributed by atoms with van der Waals surface area (Å²) in [5.74, 6) is 1.69. The monoisotopic (exact) mass is 372 g/mol. The number of nitrogens with zero attached hydrogens (tertiary/aromatic N) is 1. The molecule has 2 saturated heterocycles. The maximum Gasteiger partial charge on any atom is 0.124 e. The van der Waals surface area contributed by atoms with Crippen molar-refractivity contribution >= 4 is 10.9 Å². The standard InChI is InChI=1S/C22H32N2O3/c1-16-13-21(25-2)20(19-3-8-23-22(16)19)14-24-9-4-18(5-10-24)27-15-17-6-11-26-12-7-17/h3,8,13,17-18,23H,4-7,9-12,14-15H2,1-2H3. The topological polar surface area (TPSA) is 46.7 Å². The molecule has 1 aromatic heterocycles. The molecule has 27 heavy (non-hydrogen) atoms. The molecule has 4 rings (SSSR count). The van der Waals surface area contributed by atoms with Crippen molar-refractivity contribution in [2.24, 2.45) is 5.92 Å². The SMILES string of the molecule is COc1cc(C)c2[nH]ccc2c1CN1CCC(OCC2CCOCC2)CC1. The molecule has 0 amide bonds. The lowest BCUT2D eigenvalue weighted by Gasteiger charge is -2.33. The van der Waals surface area contributed by atoms with Crippen LogP contribution in [0.5, 0.6) is 5.75 Å². The summed E-state index contributed by atoms with van der Waals surface area (Å²) in [6, 6.07) is 4.32. The van der Waals surface area contributed by atoms with E-state index < -0.39 is 0 Å². The summed E-state index contributed by atoms with van der Waals surface area (Å²) in [5, 5.41) is 1.28. The first-order valence-corrected chi connectivity index (χ1v) is 10.3. The van der Waals surface area contributed by atoms with Crippen LogP contribution < -0.4 is 4.74 Å². The zero-order chi connectivity index (χ0) is 18.6. The first-order chi connectivity index (χ1) is 13.2. The first kappa shape index (κ1) is 18.8. The summed E-state index contributed by atoms with van der Waals surface area (Å²) in [6.45, 7) is 7.94. The maximum atomic E-state index is 6.23. The summed E-state index contributed by atoms with van der Waals surface area (Å²) < 4.78 is 17.4. The van der Waals surface area contributed by atoms with Gasteiger partial charge in [0.2, 0.25) is 0 Å². The first-order valence-electron chi connectivity index (χ1n) is 10.3. The Labute approximate surface area is 162 Å². The summed E-state index contributed by atoms with van der Waals surface area (Å²) in [6.07, 6.45) is 6.98. The van der Waals surface area contributed by atoms with Crippen molar-refractivity contribution in [2.75, 3.05) is 40.0 Å². The van der Waals surface area contributed by atoms with Crippen LogP contribution in [-0.4, -0.2) is 56.0 Å². The maximum absolute atomic E-state index is 6.23. The zero-order valence-corrected chi connectivity index (χ0v) is 16.6. The van der Waals surface area contributed by atoms with Crippen molar-refractivity contribution in [3.05, 3.63) is 29.5 Å². The van der Waals surface area contributed by atoms with Crippen LogP contribution in [-0.2, 0) is 16.0 Å². The number of H-pyrrole nitrogens is 1. The van der Waals surface area contributed by atoms with E-state index in [4.69, 9.17) is 14.2 Å². The number of likely N-dealkylation sites (tertiary alicyclic amines) is 1. The number of aryl methyl sites for hydroxylation is 1. The molecule has 3 heterocycles. The number of aromatic amines is 1. The number of fused-ring (bicyclic) bond motifs is 1. The van der Waals surface area contributed by atoms with Gasteiger partial charge in [-0.05, 0) is 56.2 Å². The number of hydrogen-bond acceptors (Lipinski definition) is 4. The van der Waals surface area contributed by atoms with E-state index in [9.17, 15) is 0 Å². The fourth-order valence-corrected chi connectivity index (χ4v) is 4.42. The van der Waals surface area contributed by atoms with Crippen LogP contribution in [0.15, 0.2) is 18.3 Å². The predicted octanol–water partition coefficient (Wildman–Crippen LogP) is 3.89. The van der Waals surface area contributed by atoms with E-state index in [1.54, 1.807) is 7.11 Å². The van der Waals surface area contributed by atoms with Gasteiger partial charge in [0.15, 0.2) is 0 Å². The van der Waals surface area contributed by atoms with E-state index in [1.165, 1.54) is 22.0 Å². The van der Waals surface area contributed by atoms with E-state index in [-0.39, 0.29) is 0 Å². The molecule has 2 aliphatic heterocycles. The molecular formula is C22H32N2O3. The largest absolute Gasteiger partial charge is 0.496 e. The summed E-state index contributed by atoms with van der Waals surface area (Å²) >= 11 is 0. The van der Waals surface area contributed by atoms with Crippen molar-refractivity contribution in [1.82, 2.24) is 9.88 Å². The number of methoxy groups -OCH3 is 1. The molecular weight excluding hydrogens is 340 g/mol. The highest BCUT2D eigenvalue weighted by Crippen LogP contribution is 2.32. The minimum Gasteiger partial charge on any atom is -0.496 e. The highest BCUT2D eigenvalue weighted by Gasteiger charge is 2.23. The van der Waals surface area contributed by atoms with E-state index in [1.807, 2.05) is 6.20 Å².